The van der Waals surface area contributed by atoms with Crippen molar-refractivity contribution in [2.45, 2.75) is 18.9 Å². The summed E-state index contributed by atoms with van der Waals surface area (Å²) in [6.07, 6.45) is 1.30. The summed E-state index contributed by atoms with van der Waals surface area (Å²) in [5.41, 5.74) is 0.462. The van der Waals surface area contributed by atoms with Crippen molar-refractivity contribution in [1.29, 1.82) is 0 Å². The Hall–Kier alpha value is -1.95. The number of nitrogens with one attached hydrogen (secondary N) is 1. The Morgan fingerprint density at radius 3 is 2.40 bits per heavy atom. The van der Waals surface area contributed by atoms with E-state index < -0.39 is 12.5 Å². The number of benzene rings is 1. The molecule has 2 amide bonds. The highest BCUT2D eigenvalue weighted by molar-refractivity contribution is 5.94. The zero-order valence-corrected chi connectivity index (χ0v) is 11.0. The Kier molecular flexibility index (Phi) is 4.68. The molecule has 5 nitrogen and oxygen atoms in total. The maximum absolute atomic E-state index is 12.8. The lowest BCUT2D eigenvalue weighted by Gasteiger charge is -2.32. The highest BCUT2D eigenvalue weighted by Gasteiger charge is 2.24. The molecular weight excluding hydrogens is 263 g/mol. The van der Waals surface area contributed by atoms with E-state index in [0.29, 0.717) is 31.5 Å². The fourth-order valence-corrected chi connectivity index (χ4v) is 2.28. The third kappa shape index (κ3) is 3.54. The van der Waals surface area contributed by atoms with Crippen LogP contribution in [0.3, 0.4) is 0 Å². The molecule has 0 spiro atoms. The average Bonchev–Trinajstić information content (AvgIpc) is 2.48. The van der Waals surface area contributed by atoms with E-state index in [4.69, 9.17) is 5.11 Å². The summed E-state index contributed by atoms with van der Waals surface area (Å²) >= 11 is 0. The van der Waals surface area contributed by atoms with E-state index in [0.717, 1.165) is 0 Å². The van der Waals surface area contributed by atoms with Crippen molar-refractivity contribution >= 4 is 11.8 Å². The fraction of sp³-hybridized carbons (Fsp3) is 0.429. The topological polar surface area (TPSA) is 69.6 Å². The lowest BCUT2D eigenvalue weighted by atomic mass is 10.0. The predicted molar refractivity (Wildman–Crippen MR) is 70.6 cm³/mol. The Morgan fingerprint density at radius 2 is 1.85 bits per heavy atom. The van der Waals surface area contributed by atoms with Crippen molar-refractivity contribution in [3.8, 4) is 0 Å². The molecule has 1 aromatic rings. The second-order valence-electron chi connectivity index (χ2n) is 4.80. The molecule has 1 heterocycles. The van der Waals surface area contributed by atoms with Gasteiger partial charge in [0.15, 0.2) is 0 Å². The molecule has 2 rings (SSSR count). The highest BCUT2D eigenvalue weighted by Crippen LogP contribution is 2.14. The van der Waals surface area contributed by atoms with Gasteiger partial charge in [0.05, 0.1) is 0 Å². The molecule has 2 N–H and O–H groups in total. The van der Waals surface area contributed by atoms with Gasteiger partial charge in [-0.25, -0.2) is 4.39 Å². The van der Waals surface area contributed by atoms with Crippen molar-refractivity contribution < 1.29 is 19.1 Å². The third-order valence-corrected chi connectivity index (χ3v) is 3.38. The van der Waals surface area contributed by atoms with Crippen LogP contribution in [0.25, 0.3) is 0 Å². The second-order valence-corrected chi connectivity index (χ2v) is 4.80. The molecular formula is C14H17FN2O3. The van der Waals surface area contributed by atoms with Crippen molar-refractivity contribution in [3.05, 3.63) is 35.6 Å². The largest absolute Gasteiger partial charge is 0.387 e. The van der Waals surface area contributed by atoms with E-state index in [1.807, 2.05) is 0 Å². The summed E-state index contributed by atoms with van der Waals surface area (Å²) in [6.45, 7) is 0.549. The maximum atomic E-state index is 12.8. The molecule has 1 aromatic carbocycles. The van der Waals surface area contributed by atoms with Gasteiger partial charge in [0.1, 0.15) is 12.4 Å². The van der Waals surface area contributed by atoms with E-state index in [1.54, 1.807) is 4.90 Å². The van der Waals surface area contributed by atoms with Gasteiger partial charge >= 0.3 is 0 Å². The summed E-state index contributed by atoms with van der Waals surface area (Å²) in [5, 5.41) is 11.4. The molecule has 0 aromatic heterocycles. The number of likely N-dealkylation sites (tertiary alicyclic amines) is 1. The first-order valence-corrected chi connectivity index (χ1v) is 6.55. The van der Waals surface area contributed by atoms with E-state index in [1.165, 1.54) is 24.3 Å². The van der Waals surface area contributed by atoms with E-state index in [9.17, 15) is 14.0 Å². The van der Waals surface area contributed by atoms with Crippen LogP contribution >= 0.6 is 0 Å². The summed E-state index contributed by atoms with van der Waals surface area (Å²) in [5.74, 6) is -0.891. The van der Waals surface area contributed by atoms with Crippen LogP contribution in [0, 0.1) is 5.82 Å². The van der Waals surface area contributed by atoms with Gasteiger partial charge in [-0.05, 0) is 37.1 Å². The monoisotopic (exact) mass is 280 g/mol. The molecule has 1 aliphatic rings. The van der Waals surface area contributed by atoms with Crippen LogP contribution in [0.5, 0.6) is 0 Å². The molecule has 1 saturated heterocycles. The first kappa shape index (κ1) is 14.5. The van der Waals surface area contributed by atoms with Crippen LogP contribution in [-0.2, 0) is 4.79 Å². The molecule has 108 valence electrons. The number of carbonyl (C=O) groups excluding carboxylic acids is 2. The lowest BCUT2D eigenvalue weighted by molar-refractivity contribution is -0.124. The third-order valence-electron chi connectivity index (χ3n) is 3.38. The Balaban J connectivity index is 1.88. The molecule has 20 heavy (non-hydrogen) atoms. The minimum atomic E-state index is -0.519. The van der Waals surface area contributed by atoms with Gasteiger partial charge in [0.2, 0.25) is 5.91 Å². The van der Waals surface area contributed by atoms with Gasteiger partial charge in [0, 0.05) is 24.7 Å². The number of aliphatic hydroxyl groups is 1. The number of halogens is 1. The SMILES string of the molecule is O=C(CO)NC1CCN(C(=O)c2ccc(F)cc2)CC1. The molecule has 0 atom stereocenters. The number of hydrogen-bond acceptors (Lipinski definition) is 3. The van der Waals surface area contributed by atoms with Crippen LogP contribution in [-0.4, -0.2) is 47.6 Å². The molecule has 1 aliphatic heterocycles. The number of nitrogens with zero attached hydrogens (tertiary/aromatic N) is 1. The van der Waals surface area contributed by atoms with Crippen molar-refractivity contribution in [1.82, 2.24) is 10.2 Å². The Labute approximate surface area is 116 Å². The van der Waals surface area contributed by atoms with E-state index >= 15 is 0 Å². The molecule has 0 saturated carbocycles. The Morgan fingerprint density at radius 1 is 1.25 bits per heavy atom. The molecule has 0 unspecified atom stereocenters. The van der Waals surface area contributed by atoms with Crippen LogP contribution in [0.15, 0.2) is 24.3 Å². The second kappa shape index (κ2) is 6.47. The van der Waals surface area contributed by atoms with E-state index in [2.05, 4.69) is 5.32 Å². The van der Waals surface area contributed by atoms with Gasteiger partial charge in [-0.3, -0.25) is 9.59 Å². The normalized spacial score (nSPS) is 16.0. The lowest BCUT2D eigenvalue weighted by Crippen LogP contribution is -2.47. The number of aliphatic hydroxyl groups excluding tert-OH is 1. The Bertz CT molecular complexity index is 482. The van der Waals surface area contributed by atoms with Gasteiger partial charge in [-0.2, -0.15) is 0 Å². The van der Waals surface area contributed by atoms with Crippen molar-refractivity contribution in [2.75, 3.05) is 19.7 Å². The number of carbonyl (C=O) groups is 2. The summed E-state index contributed by atoms with van der Waals surface area (Å²) in [6, 6.07) is 5.46. The maximum Gasteiger partial charge on any atom is 0.253 e. The first-order valence-electron chi connectivity index (χ1n) is 6.55. The summed E-state index contributed by atoms with van der Waals surface area (Å²) in [4.78, 5) is 24.9. The van der Waals surface area contributed by atoms with Gasteiger partial charge in [-0.15, -0.1) is 0 Å². The van der Waals surface area contributed by atoms with Gasteiger partial charge in [-0.1, -0.05) is 0 Å². The number of piperidine rings is 1. The number of amides is 2. The number of rotatable bonds is 3. The summed E-state index contributed by atoms with van der Waals surface area (Å²) in [7, 11) is 0. The molecule has 0 aliphatic carbocycles. The summed E-state index contributed by atoms with van der Waals surface area (Å²) < 4.78 is 12.8. The molecule has 6 heteroatoms. The zero-order chi connectivity index (χ0) is 14.5. The van der Waals surface area contributed by atoms with Crippen molar-refractivity contribution in [3.63, 3.8) is 0 Å². The van der Waals surface area contributed by atoms with Crippen LogP contribution in [0.2, 0.25) is 0 Å². The van der Waals surface area contributed by atoms with Crippen LogP contribution in [0.1, 0.15) is 23.2 Å². The number of hydrogen-bond donors (Lipinski definition) is 2. The molecule has 1 fully saturated rings. The fourth-order valence-electron chi connectivity index (χ4n) is 2.28. The van der Waals surface area contributed by atoms with Crippen LogP contribution < -0.4 is 5.32 Å². The predicted octanol–water partition coefficient (Wildman–Crippen LogP) is 0.539. The van der Waals surface area contributed by atoms with Crippen LogP contribution in [0.4, 0.5) is 4.39 Å². The van der Waals surface area contributed by atoms with Gasteiger partial charge < -0.3 is 15.3 Å². The first-order chi connectivity index (χ1) is 9.60. The van der Waals surface area contributed by atoms with E-state index in [-0.39, 0.29) is 17.8 Å². The minimum Gasteiger partial charge on any atom is -0.387 e. The quantitative estimate of drug-likeness (QED) is 0.849. The standard InChI is InChI=1S/C14H17FN2O3/c15-11-3-1-10(2-4-11)14(20)17-7-5-12(6-8-17)16-13(19)9-18/h1-4,12,18H,5-9H2,(H,16,19). The van der Waals surface area contributed by atoms with Crippen molar-refractivity contribution in [2.24, 2.45) is 0 Å². The zero-order valence-electron chi connectivity index (χ0n) is 11.0. The van der Waals surface area contributed by atoms with Gasteiger partial charge in [0.25, 0.3) is 5.91 Å². The molecule has 0 bridgehead atoms. The smallest absolute Gasteiger partial charge is 0.253 e. The molecule has 0 radical (unpaired) electrons. The minimum absolute atomic E-state index is 0.00748. The highest BCUT2D eigenvalue weighted by atomic mass is 19.1. The average molecular weight is 280 g/mol.